The highest BCUT2D eigenvalue weighted by atomic mass is 32.2. The van der Waals surface area contributed by atoms with Crippen LogP contribution in [0.5, 0.6) is 5.75 Å². The standard InChI is InChI=1S/C15H23NOS/c1-11(10-18-3)16-13-8-12(9-13)14-6-4-5-7-15(14)17-2/h4-7,11-13,16H,8-10H2,1-3H3. The molecule has 2 rings (SSSR count). The van der Waals surface area contributed by atoms with Crippen LogP contribution in [0.25, 0.3) is 0 Å². The van der Waals surface area contributed by atoms with E-state index in [9.17, 15) is 0 Å². The smallest absolute Gasteiger partial charge is 0.122 e. The van der Waals surface area contributed by atoms with Crippen molar-refractivity contribution in [3.05, 3.63) is 29.8 Å². The Morgan fingerprint density at radius 1 is 1.39 bits per heavy atom. The highest BCUT2D eigenvalue weighted by Crippen LogP contribution is 2.41. The summed E-state index contributed by atoms with van der Waals surface area (Å²) >= 11 is 1.91. The molecule has 0 amide bonds. The highest BCUT2D eigenvalue weighted by molar-refractivity contribution is 7.98. The average molecular weight is 265 g/mol. The first-order valence-corrected chi connectivity index (χ1v) is 8.02. The minimum atomic E-state index is 0.614. The van der Waals surface area contributed by atoms with Gasteiger partial charge in [-0.1, -0.05) is 18.2 Å². The van der Waals surface area contributed by atoms with E-state index >= 15 is 0 Å². The van der Waals surface area contributed by atoms with Gasteiger partial charge in [-0.15, -0.1) is 0 Å². The Morgan fingerprint density at radius 3 is 2.78 bits per heavy atom. The lowest BCUT2D eigenvalue weighted by Gasteiger charge is -2.38. The molecule has 100 valence electrons. The summed E-state index contributed by atoms with van der Waals surface area (Å²) < 4.78 is 5.43. The first-order valence-electron chi connectivity index (χ1n) is 6.62. The molecule has 18 heavy (non-hydrogen) atoms. The van der Waals surface area contributed by atoms with Crippen LogP contribution in [0.15, 0.2) is 24.3 Å². The molecule has 0 aromatic heterocycles. The van der Waals surface area contributed by atoms with Gasteiger partial charge in [0.05, 0.1) is 7.11 Å². The third-order valence-corrected chi connectivity index (χ3v) is 4.49. The van der Waals surface area contributed by atoms with Crippen LogP contribution in [-0.2, 0) is 0 Å². The topological polar surface area (TPSA) is 21.3 Å². The molecule has 1 N–H and O–H groups in total. The zero-order chi connectivity index (χ0) is 13.0. The maximum Gasteiger partial charge on any atom is 0.122 e. The maximum atomic E-state index is 5.43. The lowest BCUT2D eigenvalue weighted by atomic mass is 9.75. The average Bonchev–Trinajstić information content (AvgIpc) is 2.33. The number of thioether (sulfide) groups is 1. The minimum absolute atomic E-state index is 0.614. The summed E-state index contributed by atoms with van der Waals surface area (Å²) in [5, 5.41) is 3.69. The fraction of sp³-hybridized carbons (Fsp3) is 0.600. The Labute approximate surface area is 114 Å². The molecule has 1 atom stereocenters. The summed E-state index contributed by atoms with van der Waals surface area (Å²) in [5.74, 6) is 2.90. The van der Waals surface area contributed by atoms with Gasteiger partial charge >= 0.3 is 0 Å². The molecule has 0 radical (unpaired) electrons. The van der Waals surface area contributed by atoms with Crippen LogP contribution in [0.3, 0.4) is 0 Å². The van der Waals surface area contributed by atoms with E-state index in [0.717, 1.165) is 5.75 Å². The maximum absolute atomic E-state index is 5.43. The molecule has 0 spiro atoms. The van der Waals surface area contributed by atoms with Gasteiger partial charge in [0.25, 0.3) is 0 Å². The molecule has 0 aliphatic heterocycles. The largest absolute Gasteiger partial charge is 0.496 e. The fourth-order valence-electron chi connectivity index (χ4n) is 2.71. The first-order chi connectivity index (χ1) is 8.74. The summed E-state index contributed by atoms with van der Waals surface area (Å²) in [6.07, 6.45) is 4.63. The summed E-state index contributed by atoms with van der Waals surface area (Å²) in [5.41, 5.74) is 1.37. The Kier molecular flexibility index (Phi) is 4.95. The van der Waals surface area contributed by atoms with E-state index in [2.05, 4.69) is 36.7 Å². The molecule has 2 nitrogen and oxygen atoms in total. The highest BCUT2D eigenvalue weighted by Gasteiger charge is 2.32. The number of hydrogen-bond acceptors (Lipinski definition) is 3. The third-order valence-electron chi connectivity index (χ3n) is 3.65. The Bertz CT molecular complexity index is 377. The van der Waals surface area contributed by atoms with Crippen LogP contribution in [0.4, 0.5) is 0 Å². The third kappa shape index (κ3) is 3.21. The van der Waals surface area contributed by atoms with Gasteiger partial charge in [-0.2, -0.15) is 11.8 Å². The number of ether oxygens (including phenoxy) is 1. The second-order valence-electron chi connectivity index (χ2n) is 5.13. The van der Waals surface area contributed by atoms with E-state index < -0.39 is 0 Å². The van der Waals surface area contributed by atoms with E-state index in [1.165, 1.54) is 24.2 Å². The van der Waals surface area contributed by atoms with Crippen molar-refractivity contribution in [2.45, 2.75) is 37.8 Å². The van der Waals surface area contributed by atoms with Crippen LogP contribution in [0.1, 0.15) is 31.2 Å². The summed E-state index contributed by atoms with van der Waals surface area (Å²) in [6, 6.07) is 9.70. The van der Waals surface area contributed by atoms with Crippen LogP contribution in [0.2, 0.25) is 0 Å². The molecule has 0 saturated heterocycles. The van der Waals surface area contributed by atoms with E-state index in [-0.39, 0.29) is 0 Å². The number of benzene rings is 1. The second kappa shape index (κ2) is 6.48. The van der Waals surface area contributed by atoms with Crippen LogP contribution in [-0.4, -0.2) is 31.2 Å². The second-order valence-corrected chi connectivity index (χ2v) is 6.04. The van der Waals surface area contributed by atoms with Crippen molar-refractivity contribution in [1.29, 1.82) is 0 Å². The molecule has 0 bridgehead atoms. The van der Waals surface area contributed by atoms with Crippen molar-refractivity contribution < 1.29 is 4.74 Å². The van der Waals surface area contributed by atoms with Crippen molar-refractivity contribution in [3.63, 3.8) is 0 Å². The summed E-state index contributed by atoms with van der Waals surface area (Å²) in [6.45, 7) is 2.27. The number of rotatable bonds is 6. The molecule has 1 fully saturated rings. The molecule has 1 aromatic carbocycles. The predicted octanol–water partition coefficient (Wildman–Crippen LogP) is 3.28. The van der Waals surface area contributed by atoms with Gasteiger partial charge < -0.3 is 10.1 Å². The Morgan fingerprint density at radius 2 is 2.11 bits per heavy atom. The number of hydrogen-bond donors (Lipinski definition) is 1. The quantitative estimate of drug-likeness (QED) is 0.853. The number of methoxy groups -OCH3 is 1. The van der Waals surface area contributed by atoms with Crippen molar-refractivity contribution in [3.8, 4) is 5.75 Å². The predicted molar refractivity (Wildman–Crippen MR) is 79.7 cm³/mol. The van der Waals surface area contributed by atoms with Gasteiger partial charge in [0.1, 0.15) is 5.75 Å². The monoisotopic (exact) mass is 265 g/mol. The normalized spacial score (nSPS) is 24.4. The Balaban J connectivity index is 1.85. The Hall–Kier alpha value is -0.670. The summed E-state index contributed by atoms with van der Waals surface area (Å²) in [7, 11) is 1.76. The molecule has 3 heteroatoms. The van der Waals surface area contributed by atoms with Crippen LogP contribution >= 0.6 is 11.8 Å². The van der Waals surface area contributed by atoms with Gasteiger partial charge in [0, 0.05) is 17.8 Å². The van der Waals surface area contributed by atoms with E-state index in [1.807, 2.05) is 17.8 Å². The SMILES string of the molecule is COc1ccccc1C1CC(NC(C)CSC)C1. The van der Waals surface area contributed by atoms with Crippen molar-refractivity contribution in [2.75, 3.05) is 19.1 Å². The van der Waals surface area contributed by atoms with Gasteiger partial charge in [-0.25, -0.2) is 0 Å². The van der Waals surface area contributed by atoms with Crippen LogP contribution < -0.4 is 10.1 Å². The van der Waals surface area contributed by atoms with E-state index in [4.69, 9.17) is 4.74 Å². The first kappa shape index (κ1) is 13.8. The van der Waals surface area contributed by atoms with E-state index in [0.29, 0.717) is 18.0 Å². The fourth-order valence-corrected chi connectivity index (χ4v) is 3.31. The molecule has 1 aliphatic rings. The zero-order valence-electron chi connectivity index (χ0n) is 11.5. The molecule has 0 heterocycles. The van der Waals surface area contributed by atoms with Gasteiger partial charge in [0.2, 0.25) is 0 Å². The minimum Gasteiger partial charge on any atom is -0.496 e. The van der Waals surface area contributed by atoms with Crippen molar-refractivity contribution in [2.24, 2.45) is 0 Å². The lowest BCUT2D eigenvalue weighted by molar-refractivity contribution is 0.270. The molecular weight excluding hydrogens is 242 g/mol. The molecule has 1 saturated carbocycles. The van der Waals surface area contributed by atoms with Crippen molar-refractivity contribution in [1.82, 2.24) is 5.32 Å². The van der Waals surface area contributed by atoms with E-state index in [1.54, 1.807) is 7.11 Å². The van der Waals surface area contributed by atoms with Crippen LogP contribution in [0, 0.1) is 0 Å². The summed E-state index contributed by atoms with van der Waals surface area (Å²) in [4.78, 5) is 0. The molecule has 1 aromatic rings. The zero-order valence-corrected chi connectivity index (χ0v) is 12.3. The van der Waals surface area contributed by atoms with Gasteiger partial charge in [-0.05, 0) is 43.6 Å². The van der Waals surface area contributed by atoms with Gasteiger partial charge in [0.15, 0.2) is 0 Å². The van der Waals surface area contributed by atoms with Gasteiger partial charge in [-0.3, -0.25) is 0 Å². The molecule has 1 aliphatic carbocycles. The molecule has 1 unspecified atom stereocenters. The number of para-hydroxylation sites is 1. The van der Waals surface area contributed by atoms with Crippen molar-refractivity contribution >= 4 is 11.8 Å². The number of nitrogens with one attached hydrogen (secondary N) is 1. The molecular formula is C15H23NOS. The lowest BCUT2D eigenvalue weighted by Crippen LogP contribution is -2.45.